The smallest absolute Gasteiger partial charge is 0.202 e. The van der Waals surface area contributed by atoms with Crippen LogP contribution in [0.25, 0.3) is 0 Å². The van der Waals surface area contributed by atoms with Gasteiger partial charge in [-0.25, -0.2) is 5.43 Å². The highest BCUT2D eigenvalue weighted by atomic mass is 16.2. The first-order chi connectivity index (χ1) is 3.72. The highest BCUT2D eigenvalue weighted by Crippen LogP contribution is 1.77. The van der Waals surface area contributed by atoms with E-state index >= 15 is 0 Å². The summed E-state index contributed by atoms with van der Waals surface area (Å²) in [6.45, 7) is 2.42. The largest absolute Gasteiger partial charge is 0.289 e. The number of nitrogens with one attached hydrogen (secondary N) is 1. The molecule has 2 radical (unpaired) electrons. The monoisotopic (exact) mass is 112 g/mol. The Balaban J connectivity index is 3.52. The van der Waals surface area contributed by atoms with Crippen LogP contribution in [0.2, 0.25) is 0 Å². The minimum atomic E-state index is -0.449. The van der Waals surface area contributed by atoms with Crippen LogP contribution in [0.5, 0.6) is 0 Å². The highest BCUT2D eigenvalue weighted by Gasteiger charge is 1.98. The number of nitrogens with zero attached hydrogens (tertiary/aromatic N) is 1. The summed E-state index contributed by atoms with van der Waals surface area (Å²) in [6.07, 6.45) is 0. The van der Waals surface area contributed by atoms with Gasteiger partial charge in [-0.3, -0.25) is 9.80 Å². The summed E-state index contributed by atoms with van der Waals surface area (Å²) in [6, 6.07) is 0. The summed E-state index contributed by atoms with van der Waals surface area (Å²) in [5.41, 5.74) is 2.61. The summed E-state index contributed by atoms with van der Waals surface area (Å²) in [5.74, 6) is -0.449. The Morgan fingerprint density at radius 1 is 1.88 bits per heavy atom. The van der Waals surface area contributed by atoms with Gasteiger partial charge in [-0.05, 0) is 6.92 Å². The zero-order chi connectivity index (χ0) is 6.57. The van der Waals surface area contributed by atoms with Crippen molar-refractivity contribution < 1.29 is 4.79 Å². The molecule has 1 N–H and O–H groups in total. The number of amides is 1. The van der Waals surface area contributed by atoms with Crippen molar-refractivity contribution in [3.63, 3.8) is 0 Å². The van der Waals surface area contributed by atoms with Crippen molar-refractivity contribution >= 4 is 13.7 Å². The van der Waals surface area contributed by atoms with Crippen LogP contribution in [0.4, 0.5) is 4.79 Å². The van der Waals surface area contributed by atoms with Crippen LogP contribution in [-0.2, 0) is 0 Å². The van der Waals surface area contributed by atoms with Crippen LogP contribution in [0.15, 0.2) is 0 Å². The predicted molar refractivity (Wildman–Crippen MR) is 32.6 cm³/mol. The fraction of sp³-hybridized carbons (Fsp3) is 0.750. The van der Waals surface area contributed by atoms with Gasteiger partial charge in [-0.1, -0.05) is 0 Å². The molecule has 0 heterocycles. The fourth-order valence-corrected chi connectivity index (χ4v) is 0.424. The lowest BCUT2D eigenvalue weighted by Crippen LogP contribution is -2.39. The molecule has 0 atom stereocenters. The molecule has 44 valence electrons. The summed E-state index contributed by atoms with van der Waals surface area (Å²) in [7, 11) is 6.53. The molecule has 0 aliphatic heterocycles. The number of carbonyl (C=O) groups is 1. The molecule has 3 nitrogen and oxygen atoms in total. The normalized spacial score (nSPS) is 8.75. The SMILES string of the molecule is [B]C(=O)N(CC)NC. The number of hydrogen-bond acceptors (Lipinski definition) is 2. The Labute approximate surface area is 50.4 Å². The van der Waals surface area contributed by atoms with E-state index in [0.717, 1.165) is 0 Å². The van der Waals surface area contributed by atoms with E-state index in [-0.39, 0.29) is 0 Å². The lowest BCUT2D eigenvalue weighted by Gasteiger charge is -2.16. The molecular formula is C4H9BN2O. The van der Waals surface area contributed by atoms with Gasteiger partial charge in [0.25, 0.3) is 0 Å². The van der Waals surface area contributed by atoms with E-state index in [4.69, 9.17) is 7.85 Å². The Kier molecular flexibility index (Phi) is 3.27. The van der Waals surface area contributed by atoms with Crippen molar-refractivity contribution in [3.8, 4) is 0 Å². The third-order valence-corrected chi connectivity index (χ3v) is 0.852. The van der Waals surface area contributed by atoms with Gasteiger partial charge in [0.1, 0.15) is 0 Å². The summed E-state index contributed by atoms with van der Waals surface area (Å²) >= 11 is 0. The summed E-state index contributed by atoms with van der Waals surface area (Å²) < 4.78 is 0. The zero-order valence-corrected chi connectivity index (χ0v) is 5.14. The Bertz CT molecular complexity index is 82.1. The van der Waals surface area contributed by atoms with Crippen molar-refractivity contribution in [1.29, 1.82) is 0 Å². The van der Waals surface area contributed by atoms with E-state index in [1.165, 1.54) is 5.01 Å². The number of hydrogen-bond donors (Lipinski definition) is 1. The molecule has 0 aromatic heterocycles. The number of rotatable bonds is 2. The lowest BCUT2D eigenvalue weighted by molar-refractivity contribution is 0.206. The third kappa shape index (κ3) is 1.98. The van der Waals surface area contributed by atoms with Gasteiger partial charge >= 0.3 is 0 Å². The second-order valence-electron chi connectivity index (χ2n) is 1.31. The van der Waals surface area contributed by atoms with Crippen LogP contribution in [-0.4, -0.2) is 32.3 Å². The Morgan fingerprint density at radius 2 is 2.38 bits per heavy atom. The second-order valence-corrected chi connectivity index (χ2v) is 1.31. The van der Waals surface area contributed by atoms with Crippen LogP contribution in [0.3, 0.4) is 0 Å². The zero-order valence-electron chi connectivity index (χ0n) is 5.14. The van der Waals surface area contributed by atoms with Gasteiger partial charge in [0.05, 0.1) is 0 Å². The van der Waals surface area contributed by atoms with Gasteiger partial charge in [0, 0.05) is 13.6 Å². The highest BCUT2D eigenvalue weighted by molar-refractivity contribution is 6.56. The summed E-state index contributed by atoms with van der Waals surface area (Å²) in [4.78, 5) is 10.2. The molecule has 0 rings (SSSR count). The van der Waals surface area contributed by atoms with E-state index < -0.39 is 5.81 Å². The first-order valence-corrected chi connectivity index (χ1v) is 2.46. The molecule has 0 unspecified atom stereocenters. The first-order valence-electron chi connectivity index (χ1n) is 2.46. The molecule has 8 heavy (non-hydrogen) atoms. The van der Waals surface area contributed by atoms with Crippen molar-refractivity contribution in [3.05, 3.63) is 0 Å². The molecule has 0 aliphatic carbocycles. The molecule has 1 amide bonds. The fourth-order valence-electron chi connectivity index (χ4n) is 0.424. The first kappa shape index (κ1) is 7.49. The van der Waals surface area contributed by atoms with Crippen LogP contribution >= 0.6 is 0 Å². The van der Waals surface area contributed by atoms with Crippen LogP contribution in [0.1, 0.15) is 6.92 Å². The van der Waals surface area contributed by atoms with Crippen molar-refractivity contribution in [2.24, 2.45) is 0 Å². The quantitative estimate of drug-likeness (QED) is 0.394. The Morgan fingerprint density at radius 3 is 2.38 bits per heavy atom. The average Bonchev–Trinajstić information content (AvgIpc) is 1.69. The maximum absolute atomic E-state index is 10.2. The van der Waals surface area contributed by atoms with Gasteiger partial charge < -0.3 is 0 Å². The maximum atomic E-state index is 10.2. The second kappa shape index (κ2) is 3.49. The van der Waals surface area contributed by atoms with E-state index in [1.54, 1.807) is 7.05 Å². The van der Waals surface area contributed by atoms with Crippen molar-refractivity contribution in [1.82, 2.24) is 10.4 Å². The molecule has 0 aromatic rings. The molecule has 0 aliphatic rings. The predicted octanol–water partition coefficient (Wildman–Crippen LogP) is -0.269. The molecule has 4 heteroatoms. The van der Waals surface area contributed by atoms with Gasteiger partial charge in [0.15, 0.2) is 5.81 Å². The molecular weight excluding hydrogens is 103 g/mol. The number of carbonyl (C=O) groups excluding carboxylic acids is 1. The van der Waals surface area contributed by atoms with Crippen molar-refractivity contribution in [2.75, 3.05) is 13.6 Å². The topological polar surface area (TPSA) is 32.3 Å². The third-order valence-electron chi connectivity index (χ3n) is 0.852. The van der Waals surface area contributed by atoms with Crippen molar-refractivity contribution in [2.45, 2.75) is 6.92 Å². The lowest BCUT2D eigenvalue weighted by atomic mass is 10.1. The molecule has 0 spiro atoms. The van der Waals surface area contributed by atoms with Crippen LogP contribution < -0.4 is 5.43 Å². The standard InChI is InChI=1S/C4H9BN2O/c1-3-7(6-2)4(5)8/h6H,3H2,1-2H3. The maximum Gasteiger partial charge on any atom is 0.202 e. The van der Waals surface area contributed by atoms with E-state index in [0.29, 0.717) is 6.54 Å². The minimum Gasteiger partial charge on any atom is -0.289 e. The van der Waals surface area contributed by atoms with E-state index in [2.05, 4.69) is 5.43 Å². The van der Waals surface area contributed by atoms with Crippen LogP contribution in [0, 0.1) is 0 Å². The number of hydrazine groups is 1. The molecule has 0 bridgehead atoms. The summed E-state index contributed by atoms with van der Waals surface area (Å²) in [5, 5.41) is 1.31. The molecule has 0 fully saturated rings. The molecule has 0 saturated heterocycles. The van der Waals surface area contributed by atoms with Gasteiger partial charge in [-0.15, -0.1) is 0 Å². The van der Waals surface area contributed by atoms with E-state index in [9.17, 15) is 4.79 Å². The minimum absolute atomic E-state index is 0.449. The molecule has 0 aromatic carbocycles. The van der Waals surface area contributed by atoms with Gasteiger partial charge in [-0.2, -0.15) is 0 Å². The molecule has 0 saturated carbocycles. The Hall–Kier alpha value is -0.505. The van der Waals surface area contributed by atoms with Gasteiger partial charge in [0.2, 0.25) is 7.85 Å². The van der Waals surface area contributed by atoms with E-state index in [1.807, 2.05) is 6.92 Å². The average molecular weight is 112 g/mol.